The van der Waals surface area contributed by atoms with Gasteiger partial charge < -0.3 is 29.4 Å². The molecule has 11 heteroatoms. The normalized spacial score (nSPS) is 10.3. The zero-order valence-electron chi connectivity index (χ0n) is 19.2. The third-order valence-corrected chi connectivity index (χ3v) is 4.64. The number of fused-ring (bicyclic) bond motifs is 1. The van der Waals surface area contributed by atoms with Crippen LogP contribution in [-0.2, 0) is 14.3 Å². The number of rotatable bonds is 11. The summed E-state index contributed by atoms with van der Waals surface area (Å²) >= 11 is 9.56. The predicted octanol–water partition coefficient (Wildman–Crippen LogP) is 4.28. The van der Waals surface area contributed by atoms with Gasteiger partial charge in [0.25, 0.3) is 0 Å². The fourth-order valence-corrected chi connectivity index (χ4v) is 2.68. The number of carbonyl (C=O) groups is 1. The van der Waals surface area contributed by atoms with E-state index in [1.165, 1.54) is 6.33 Å². The Morgan fingerprint density at radius 1 is 1.06 bits per heavy atom. The van der Waals surface area contributed by atoms with Crippen LogP contribution in [0.5, 0.6) is 11.5 Å². The molecule has 0 spiro atoms. The van der Waals surface area contributed by atoms with Gasteiger partial charge in [0.05, 0.1) is 18.7 Å². The molecule has 0 atom stereocenters. The molecule has 1 aromatic heterocycles. The van der Waals surface area contributed by atoms with E-state index in [9.17, 15) is 4.79 Å². The van der Waals surface area contributed by atoms with Gasteiger partial charge in [0.15, 0.2) is 11.5 Å². The monoisotopic (exact) mass is 521 g/mol. The van der Waals surface area contributed by atoms with Gasteiger partial charge in [0.2, 0.25) is 4.84 Å². The van der Waals surface area contributed by atoms with E-state index in [1.807, 2.05) is 36.4 Å². The molecule has 186 valence electrons. The number of carboxylic acids is 1. The van der Waals surface area contributed by atoms with Gasteiger partial charge in [-0.25, -0.2) is 14.8 Å². The smallest absolute Gasteiger partial charge is 0.337 e. The number of terminal acetylenes is 1. The van der Waals surface area contributed by atoms with Crippen LogP contribution in [-0.4, -0.2) is 66.5 Å². The van der Waals surface area contributed by atoms with Gasteiger partial charge in [-0.05, 0) is 24.3 Å². The summed E-state index contributed by atoms with van der Waals surface area (Å²) in [6, 6.07) is 11.3. The maximum atomic E-state index is 9.44. The number of hydrogen-bond acceptors (Lipinski definition) is 8. The molecule has 0 radical (unpaired) electrons. The highest BCUT2D eigenvalue weighted by molar-refractivity contribution is 6.52. The number of halogens is 2. The molecule has 0 fully saturated rings. The van der Waals surface area contributed by atoms with Crippen molar-refractivity contribution in [3.63, 3.8) is 0 Å². The topological polar surface area (TPSA) is 112 Å². The van der Waals surface area contributed by atoms with Crippen LogP contribution in [0.15, 0.2) is 42.7 Å². The maximum Gasteiger partial charge on any atom is 0.337 e. The summed E-state index contributed by atoms with van der Waals surface area (Å²) in [4.78, 5) is 16.9. The lowest BCUT2D eigenvalue weighted by Crippen LogP contribution is -2.09. The number of hydrogen-bond donors (Lipinski definition) is 2. The number of anilines is 2. The van der Waals surface area contributed by atoms with Crippen molar-refractivity contribution in [2.75, 3.05) is 46.0 Å². The molecule has 3 rings (SSSR count). The van der Waals surface area contributed by atoms with Gasteiger partial charge in [-0.3, -0.25) is 0 Å². The fourth-order valence-electron chi connectivity index (χ4n) is 2.68. The minimum Gasteiger partial charge on any atom is -0.487 e. The zero-order chi connectivity index (χ0) is 25.6. The zero-order valence-corrected chi connectivity index (χ0v) is 20.7. The second-order valence-electron chi connectivity index (χ2n) is 6.71. The van der Waals surface area contributed by atoms with Gasteiger partial charge in [-0.15, -0.1) is 6.42 Å². The predicted molar refractivity (Wildman–Crippen MR) is 135 cm³/mol. The van der Waals surface area contributed by atoms with Crippen molar-refractivity contribution in [1.82, 2.24) is 9.97 Å². The van der Waals surface area contributed by atoms with Gasteiger partial charge in [0.1, 0.15) is 25.4 Å². The highest BCUT2D eigenvalue weighted by Gasteiger charge is 2.13. The Labute approximate surface area is 213 Å². The van der Waals surface area contributed by atoms with Crippen LogP contribution in [0.2, 0.25) is 0 Å². The molecule has 2 aromatic carbocycles. The Kier molecular flexibility index (Phi) is 11.9. The first-order valence-corrected chi connectivity index (χ1v) is 11.1. The van der Waals surface area contributed by atoms with Gasteiger partial charge in [-0.2, -0.15) is 0 Å². The van der Waals surface area contributed by atoms with Crippen molar-refractivity contribution >= 4 is 51.6 Å². The van der Waals surface area contributed by atoms with Crippen LogP contribution in [0.25, 0.3) is 10.9 Å². The third-order valence-electron chi connectivity index (χ3n) is 4.27. The lowest BCUT2D eigenvalue weighted by Gasteiger charge is -2.15. The van der Waals surface area contributed by atoms with Crippen molar-refractivity contribution < 1.29 is 28.8 Å². The molecule has 0 unspecified atom stereocenters. The Balaban J connectivity index is 0.000000641. The summed E-state index contributed by atoms with van der Waals surface area (Å²) in [5.41, 5.74) is 2.34. The van der Waals surface area contributed by atoms with Crippen LogP contribution >= 0.6 is 23.2 Å². The van der Waals surface area contributed by atoms with Gasteiger partial charge in [0, 0.05) is 36.9 Å². The molecular formula is C24H25Cl2N3O6. The number of aliphatic carboxylic acids is 1. The number of aromatic nitrogens is 2. The molecule has 0 aliphatic carbocycles. The van der Waals surface area contributed by atoms with Crippen molar-refractivity contribution in [2.45, 2.75) is 4.84 Å². The Bertz CT molecular complexity index is 1150. The second kappa shape index (κ2) is 14.9. The van der Waals surface area contributed by atoms with E-state index < -0.39 is 10.8 Å². The number of nitrogens with one attached hydrogen (secondary N) is 1. The molecular weight excluding hydrogens is 497 g/mol. The summed E-state index contributed by atoms with van der Waals surface area (Å²) < 4.78 is 21.8. The average molecular weight is 522 g/mol. The Morgan fingerprint density at radius 2 is 1.69 bits per heavy atom. The van der Waals surface area contributed by atoms with Crippen LogP contribution in [0, 0.1) is 12.3 Å². The number of ether oxygens (including phenoxy) is 4. The second-order valence-corrected chi connectivity index (χ2v) is 7.81. The van der Waals surface area contributed by atoms with Crippen LogP contribution in [0.4, 0.5) is 11.5 Å². The number of nitrogens with zero attached hydrogens (tertiary/aromatic N) is 2. The quantitative estimate of drug-likeness (QED) is 0.217. The van der Waals surface area contributed by atoms with Crippen molar-refractivity contribution in [3.8, 4) is 23.8 Å². The van der Waals surface area contributed by atoms with E-state index in [1.54, 1.807) is 14.2 Å². The first-order chi connectivity index (χ1) is 16.9. The molecule has 1 heterocycles. The Hall–Kier alpha value is -3.29. The summed E-state index contributed by atoms with van der Waals surface area (Å²) in [6.07, 6.45) is 6.99. The molecule has 0 amide bonds. The molecule has 0 bridgehead atoms. The third kappa shape index (κ3) is 9.11. The highest BCUT2D eigenvalue weighted by Crippen LogP contribution is 2.35. The van der Waals surface area contributed by atoms with Crippen LogP contribution < -0.4 is 14.8 Å². The van der Waals surface area contributed by atoms with E-state index >= 15 is 0 Å². The summed E-state index contributed by atoms with van der Waals surface area (Å²) in [6.45, 7) is 1.73. The minimum absolute atomic E-state index is 0.392. The lowest BCUT2D eigenvalue weighted by molar-refractivity contribution is -0.135. The molecule has 0 saturated carbocycles. The standard InChI is InChI=1S/C22H23N3O4.C2H2Cl2O2/c1-4-16-6-5-7-17(12-16)25-22-18-13-20(28-10-8-26-2)21(29-11-9-27-3)14-19(18)23-15-24-22;3-1(4)2(5)6/h1,5-7,12-15H,8-11H2,2-3H3,(H,23,24,25);1H,(H,5,6). The van der Waals surface area contributed by atoms with E-state index in [0.717, 1.165) is 22.2 Å². The van der Waals surface area contributed by atoms with Crippen LogP contribution in [0.1, 0.15) is 5.56 Å². The molecule has 2 N–H and O–H groups in total. The first kappa shape index (κ1) is 28.0. The molecule has 0 aliphatic heterocycles. The number of alkyl halides is 2. The first-order valence-electron chi connectivity index (χ1n) is 10.3. The highest BCUT2D eigenvalue weighted by atomic mass is 35.5. The number of benzene rings is 2. The van der Waals surface area contributed by atoms with Crippen molar-refractivity contribution in [2.24, 2.45) is 0 Å². The molecule has 3 aromatic rings. The van der Waals surface area contributed by atoms with Gasteiger partial charge in [-0.1, -0.05) is 35.2 Å². The molecule has 9 nitrogen and oxygen atoms in total. The average Bonchev–Trinajstić information content (AvgIpc) is 2.85. The number of methoxy groups -OCH3 is 2. The Morgan fingerprint density at radius 3 is 2.26 bits per heavy atom. The summed E-state index contributed by atoms with van der Waals surface area (Å²) in [7, 11) is 3.25. The van der Waals surface area contributed by atoms with E-state index in [-0.39, 0.29) is 0 Å². The SMILES string of the molecule is C#Cc1cccc(Nc2ncnc3cc(OCCOC)c(OCCOC)cc23)c1.O=C(O)C(Cl)Cl. The summed E-state index contributed by atoms with van der Waals surface area (Å²) in [5, 5.41) is 11.8. The largest absolute Gasteiger partial charge is 0.487 e. The van der Waals surface area contributed by atoms with Crippen molar-refractivity contribution in [1.29, 1.82) is 0 Å². The minimum atomic E-state index is -1.29. The molecule has 0 aliphatic rings. The fraction of sp³-hybridized carbons (Fsp3) is 0.292. The van der Waals surface area contributed by atoms with Gasteiger partial charge >= 0.3 is 5.97 Å². The molecule has 0 saturated heterocycles. The van der Waals surface area contributed by atoms with E-state index in [2.05, 4.69) is 21.2 Å². The lowest BCUT2D eigenvalue weighted by atomic mass is 10.2. The van der Waals surface area contributed by atoms with Crippen molar-refractivity contribution in [3.05, 3.63) is 48.3 Å². The molecule has 35 heavy (non-hydrogen) atoms. The van der Waals surface area contributed by atoms with Crippen LogP contribution in [0.3, 0.4) is 0 Å². The number of carboxylic acid groups (broad SMARTS) is 1. The maximum absolute atomic E-state index is 9.44. The summed E-state index contributed by atoms with van der Waals surface area (Å²) in [5.74, 6) is 3.23. The van der Waals surface area contributed by atoms with E-state index in [4.69, 9.17) is 53.7 Å². The van der Waals surface area contributed by atoms with E-state index in [0.29, 0.717) is 43.7 Å².